The summed E-state index contributed by atoms with van der Waals surface area (Å²) >= 11 is 12.3. The van der Waals surface area contributed by atoms with Gasteiger partial charge in [-0.25, -0.2) is 0 Å². The van der Waals surface area contributed by atoms with Gasteiger partial charge >= 0.3 is 0 Å². The number of hydrogen-bond acceptors (Lipinski definition) is 4. The van der Waals surface area contributed by atoms with Crippen LogP contribution in [-0.2, 0) is 4.79 Å². The number of rotatable bonds is 6. The maximum absolute atomic E-state index is 12.3. The molecule has 1 saturated heterocycles. The Morgan fingerprint density at radius 2 is 1.78 bits per heavy atom. The van der Waals surface area contributed by atoms with Crippen molar-refractivity contribution in [1.82, 2.24) is 4.90 Å². The molecule has 0 radical (unpaired) electrons. The second-order valence-electron chi connectivity index (χ2n) is 7.59. The third kappa shape index (κ3) is 5.36. The lowest BCUT2D eigenvalue weighted by Crippen LogP contribution is -2.46. The van der Waals surface area contributed by atoms with Gasteiger partial charge in [-0.2, -0.15) is 0 Å². The van der Waals surface area contributed by atoms with E-state index in [2.05, 4.69) is 34.2 Å². The molecule has 4 rings (SSSR count). The largest absolute Gasteiger partial charge is 0.457 e. The number of amides is 1. The molecule has 1 N–H and O–H groups in total. The molecule has 3 aromatic rings. The topological polar surface area (TPSA) is 48.7 Å². The number of halogens is 2. The summed E-state index contributed by atoms with van der Waals surface area (Å²) in [5.41, 5.74) is 2.64. The third-order valence-electron chi connectivity index (χ3n) is 5.56. The smallest absolute Gasteiger partial charge is 0.248 e. The Kier molecular flexibility index (Phi) is 7.20. The summed E-state index contributed by atoms with van der Waals surface area (Å²) in [6, 6.07) is 16.9. The van der Waals surface area contributed by atoms with Gasteiger partial charge < -0.3 is 19.5 Å². The van der Waals surface area contributed by atoms with Crippen molar-refractivity contribution in [2.45, 2.75) is 6.92 Å². The lowest BCUT2D eigenvalue weighted by molar-refractivity contribution is -0.111. The summed E-state index contributed by atoms with van der Waals surface area (Å²) in [7, 11) is 0. The highest BCUT2D eigenvalue weighted by Gasteiger charge is 2.15. The van der Waals surface area contributed by atoms with Crippen LogP contribution in [0.5, 0.6) is 0 Å². The van der Waals surface area contributed by atoms with Crippen molar-refractivity contribution in [2.24, 2.45) is 0 Å². The Balaban J connectivity index is 1.34. The fraction of sp³-hybridized carbons (Fsp3) is 0.240. The molecule has 32 heavy (non-hydrogen) atoms. The van der Waals surface area contributed by atoms with Crippen LogP contribution in [0.3, 0.4) is 0 Å². The molecule has 0 saturated carbocycles. The molecule has 1 fully saturated rings. The van der Waals surface area contributed by atoms with Crippen LogP contribution in [0.25, 0.3) is 17.4 Å². The van der Waals surface area contributed by atoms with Gasteiger partial charge in [0.2, 0.25) is 5.91 Å². The number of piperazine rings is 1. The first-order valence-electron chi connectivity index (χ1n) is 10.6. The number of nitrogens with zero attached hydrogens (tertiary/aromatic N) is 2. The van der Waals surface area contributed by atoms with Gasteiger partial charge in [0.25, 0.3) is 0 Å². The third-order valence-corrected chi connectivity index (χ3v) is 6.38. The van der Waals surface area contributed by atoms with E-state index in [9.17, 15) is 4.79 Å². The second-order valence-corrected chi connectivity index (χ2v) is 8.38. The lowest BCUT2D eigenvalue weighted by atomic mass is 10.2. The molecule has 2 aromatic carbocycles. The molecule has 0 unspecified atom stereocenters. The predicted molar refractivity (Wildman–Crippen MR) is 133 cm³/mol. The Morgan fingerprint density at radius 3 is 2.50 bits per heavy atom. The van der Waals surface area contributed by atoms with Gasteiger partial charge in [0, 0.05) is 49.2 Å². The van der Waals surface area contributed by atoms with Crippen LogP contribution < -0.4 is 10.2 Å². The van der Waals surface area contributed by atoms with Crippen LogP contribution in [0.15, 0.2) is 65.1 Å². The van der Waals surface area contributed by atoms with E-state index in [4.69, 9.17) is 27.6 Å². The summed E-state index contributed by atoms with van der Waals surface area (Å²) in [4.78, 5) is 17.1. The number of anilines is 2. The number of furan rings is 1. The van der Waals surface area contributed by atoms with Gasteiger partial charge in [-0.05, 0) is 61.2 Å². The number of carbonyl (C=O) groups is 1. The Hall–Kier alpha value is -2.73. The summed E-state index contributed by atoms with van der Waals surface area (Å²) in [6.07, 6.45) is 3.07. The molecule has 2 heterocycles. The van der Waals surface area contributed by atoms with Crippen molar-refractivity contribution in [2.75, 3.05) is 42.9 Å². The molecule has 0 aliphatic carbocycles. The molecule has 1 amide bonds. The Morgan fingerprint density at radius 1 is 1.03 bits per heavy atom. The summed E-state index contributed by atoms with van der Waals surface area (Å²) in [6.45, 7) is 7.50. The number of benzene rings is 2. The number of nitrogens with one attached hydrogen (secondary N) is 1. The lowest BCUT2D eigenvalue weighted by Gasteiger charge is -2.35. The maximum Gasteiger partial charge on any atom is 0.248 e. The standard InChI is InChI=1S/C25H25Cl2N3O2/c1-2-29-14-16-30(17-15-29)19-8-6-18(7-9-19)28-24(31)13-11-20-10-12-23(32-20)21-4-3-5-22(26)25(21)27/h3-13H,2,14-17H2,1H3,(H,28,31). The number of carbonyl (C=O) groups excluding carboxylic acids is 1. The second kappa shape index (κ2) is 10.3. The van der Waals surface area contributed by atoms with Crippen LogP contribution in [0.1, 0.15) is 12.7 Å². The highest BCUT2D eigenvalue weighted by Crippen LogP contribution is 2.34. The van der Waals surface area contributed by atoms with E-state index in [1.807, 2.05) is 24.3 Å². The van der Waals surface area contributed by atoms with Crippen molar-refractivity contribution in [3.63, 3.8) is 0 Å². The van der Waals surface area contributed by atoms with Crippen molar-refractivity contribution in [3.8, 4) is 11.3 Å². The minimum atomic E-state index is -0.229. The highest BCUT2D eigenvalue weighted by molar-refractivity contribution is 6.43. The van der Waals surface area contributed by atoms with Gasteiger partial charge in [0.05, 0.1) is 10.0 Å². The highest BCUT2D eigenvalue weighted by atomic mass is 35.5. The average molecular weight is 470 g/mol. The van der Waals surface area contributed by atoms with E-state index in [1.54, 1.807) is 24.3 Å². The Labute approximate surface area is 198 Å². The molecular formula is C25H25Cl2N3O2. The minimum Gasteiger partial charge on any atom is -0.457 e. The van der Waals surface area contributed by atoms with Crippen LogP contribution >= 0.6 is 23.2 Å². The molecule has 7 heteroatoms. The fourth-order valence-corrected chi connectivity index (χ4v) is 4.09. The maximum atomic E-state index is 12.3. The summed E-state index contributed by atoms with van der Waals surface area (Å²) in [5, 5.41) is 3.78. The van der Waals surface area contributed by atoms with E-state index in [-0.39, 0.29) is 5.91 Å². The zero-order chi connectivity index (χ0) is 22.5. The van der Waals surface area contributed by atoms with E-state index in [0.29, 0.717) is 27.1 Å². The molecule has 1 aliphatic heterocycles. The number of likely N-dealkylation sites (N-methyl/N-ethyl adjacent to an activating group) is 1. The van der Waals surface area contributed by atoms with Crippen molar-refractivity contribution in [3.05, 3.63) is 76.5 Å². The zero-order valence-corrected chi connectivity index (χ0v) is 19.4. The van der Waals surface area contributed by atoms with Crippen LogP contribution in [0.4, 0.5) is 11.4 Å². The molecule has 5 nitrogen and oxygen atoms in total. The normalized spacial score (nSPS) is 14.8. The fourth-order valence-electron chi connectivity index (χ4n) is 3.70. The monoisotopic (exact) mass is 469 g/mol. The summed E-state index contributed by atoms with van der Waals surface area (Å²) < 4.78 is 5.79. The van der Waals surface area contributed by atoms with Gasteiger partial charge in [-0.1, -0.05) is 36.2 Å². The average Bonchev–Trinajstić information content (AvgIpc) is 3.29. The van der Waals surface area contributed by atoms with E-state index in [0.717, 1.165) is 38.4 Å². The van der Waals surface area contributed by atoms with E-state index >= 15 is 0 Å². The van der Waals surface area contributed by atoms with Crippen molar-refractivity contribution >= 4 is 46.6 Å². The molecule has 0 bridgehead atoms. The van der Waals surface area contributed by atoms with Crippen LogP contribution in [0.2, 0.25) is 10.0 Å². The van der Waals surface area contributed by atoms with Crippen LogP contribution in [0, 0.1) is 0 Å². The quantitative estimate of drug-likeness (QED) is 0.446. The SMILES string of the molecule is CCN1CCN(c2ccc(NC(=O)C=Cc3ccc(-c4cccc(Cl)c4Cl)o3)cc2)CC1. The van der Waals surface area contributed by atoms with Gasteiger partial charge in [-0.15, -0.1) is 0 Å². The van der Waals surface area contributed by atoms with E-state index in [1.165, 1.54) is 11.8 Å². The van der Waals surface area contributed by atoms with Gasteiger partial charge in [0.15, 0.2) is 0 Å². The van der Waals surface area contributed by atoms with Crippen molar-refractivity contribution in [1.29, 1.82) is 0 Å². The van der Waals surface area contributed by atoms with Gasteiger partial charge in [-0.3, -0.25) is 4.79 Å². The van der Waals surface area contributed by atoms with Gasteiger partial charge in [0.1, 0.15) is 11.5 Å². The van der Waals surface area contributed by atoms with E-state index < -0.39 is 0 Å². The molecule has 0 spiro atoms. The first-order chi connectivity index (χ1) is 15.5. The minimum absolute atomic E-state index is 0.229. The molecular weight excluding hydrogens is 445 g/mol. The summed E-state index contributed by atoms with van der Waals surface area (Å²) in [5.74, 6) is 0.911. The first kappa shape index (κ1) is 22.5. The molecule has 166 valence electrons. The van der Waals surface area contributed by atoms with Crippen molar-refractivity contribution < 1.29 is 9.21 Å². The zero-order valence-electron chi connectivity index (χ0n) is 17.9. The predicted octanol–water partition coefficient (Wildman–Crippen LogP) is 6.05. The molecule has 0 atom stereocenters. The van der Waals surface area contributed by atoms with Crippen LogP contribution in [-0.4, -0.2) is 43.5 Å². The Bertz CT molecular complexity index is 1100. The molecule has 1 aliphatic rings. The first-order valence-corrected chi connectivity index (χ1v) is 11.4. The molecule has 1 aromatic heterocycles. The number of hydrogen-bond donors (Lipinski definition) is 1.